The summed E-state index contributed by atoms with van der Waals surface area (Å²) >= 11 is 0. The first kappa shape index (κ1) is 29.1. The molecule has 1 aromatic carbocycles. The second kappa shape index (κ2) is 13.0. The Kier molecular flexibility index (Phi) is 9.46. The second-order valence-electron chi connectivity index (χ2n) is 10.3. The van der Waals surface area contributed by atoms with Crippen LogP contribution >= 0.6 is 0 Å². The number of piperidine rings is 1. The average molecular weight is 556 g/mol. The summed E-state index contributed by atoms with van der Waals surface area (Å²) in [5.74, 6) is 0.567. The highest BCUT2D eigenvalue weighted by molar-refractivity contribution is 5.94. The average Bonchev–Trinajstić information content (AvgIpc) is 2.94. The number of primary amides is 1. The number of nitrogens with one attached hydrogen (secondary N) is 2. The molecular weight excluding hydrogens is 519 g/mol. The van der Waals surface area contributed by atoms with Crippen LogP contribution in [0.3, 0.4) is 0 Å². The van der Waals surface area contributed by atoms with Crippen LogP contribution in [0.2, 0.25) is 0 Å². The van der Waals surface area contributed by atoms with Crippen molar-refractivity contribution >= 4 is 17.9 Å². The molecule has 1 aromatic heterocycles. The second-order valence-corrected chi connectivity index (χ2v) is 10.3. The van der Waals surface area contributed by atoms with Crippen molar-refractivity contribution in [1.82, 2.24) is 15.2 Å². The molecule has 0 spiro atoms. The molecule has 1 saturated heterocycles. The Morgan fingerprint density at radius 2 is 1.85 bits per heavy atom. The summed E-state index contributed by atoms with van der Waals surface area (Å²) in [7, 11) is 0. The van der Waals surface area contributed by atoms with Gasteiger partial charge in [-0.2, -0.15) is 13.2 Å². The van der Waals surface area contributed by atoms with E-state index in [0.717, 1.165) is 61.7 Å². The summed E-state index contributed by atoms with van der Waals surface area (Å²) in [5.41, 5.74) is 11.8. The van der Waals surface area contributed by atoms with E-state index in [0.29, 0.717) is 24.9 Å². The van der Waals surface area contributed by atoms with E-state index in [1.807, 2.05) is 29.2 Å². The van der Waals surface area contributed by atoms with Crippen LogP contribution in [-0.2, 0) is 0 Å². The smallest absolute Gasteiger partial charge is 0.404 e. The van der Waals surface area contributed by atoms with Gasteiger partial charge in [-0.1, -0.05) is 31.6 Å². The number of benzene rings is 1. The van der Waals surface area contributed by atoms with Crippen LogP contribution in [-0.4, -0.2) is 59.4 Å². The number of aliphatic imine (C=N–C) groups is 1. The van der Waals surface area contributed by atoms with Crippen molar-refractivity contribution in [2.24, 2.45) is 16.5 Å². The number of likely N-dealkylation sites (tertiary alicyclic amines) is 1. The van der Waals surface area contributed by atoms with Crippen molar-refractivity contribution in [3.05, 3.63) is 72.3 Å². The molecule has 8 nitrogen and oxygen atoms in total. The fourth-order valence-corrected chi connectivity index (χ4v) is 5.32. The van der Waals surface area contributed by atoms with E-state index in [9.17, 15) is 18.0 Å². The molecule has 2 heterocycles. The molecule has 2 fully saturated rings. The molecule has 1 amide bonds. The fourth-order valence-electron chi connectivity index (χ4n) is 5.32. The van der Waals surface area contributed by atoms with E-state index in [2.05, 4.69) is 27.2 Å². The summed E-state index contributed by atoms with van der Waals surface area (Å²) in [6.07, 6.45) is 4.47. The van der Waals surface area contributed by atoms with Crippen LogP contribution < -0.4 is 22.1 Å². The van der Waals surface area contributed by atoms with Gasteiger partial charge in [0.2, 0.25) is 5.91 Å². The lowest BCUT2D eigenvalue weighted by Crippen LogP contribution is -2.54. The first-order valence-electron chi connectivity index (χ1n) is 13.5. The minimum absolute atomic E-state index is 0.149. The maximum atomic E-state index is 13.0. The Labute approximate surface area is 232 Å². The number of carbonyl (C=O) groups excluding carboxylic acids is 1. The number of carbonyl (C=O) groups is 1. The molecule has 40 heavy (non-hydrogen) atoms. The Bertz CT molecular complexity index is 1260. The standard InChI is InChI=1S/C29H36F3N7O/c1-19(36-17-23(16-33)29(30,31)32)39-13-5-8-24(18-39)37-25-9-2-3-10-26(25)38-27-15-21(11-12-35-27)20-6-4-7-22(14-20)28(34)40/h4,6-7,11-12,14-17,24-26,37H,1-3,5,8-10,13,18,33H2,(H2,34,40)(H,35,38)/b23-16+,36-17-/t24-,25+,26+/m0/s1. The number of nitrogens with zero attached hydrogens (tertiary/aromatic N) is 3. The van der Waals surface area contributed by atoms with Crippen LogP contribution in [0, 0.1) is 0 Å². The molecule has 214 valence electrons. The number of amides is 1. The number of allylic oxidation sites excluding steroid dienone is 1. The number of nitrogens with two attached hydrogens (primary N) is 2. The van der Waals surface area contributed by atoms with Gasteiger partial charge in [-0.15, -0.1) is 0 Å². The van der Waals surface area contributed by atoms with Crippen molar-refractivity contribution < 1.29 is 18.0 Å². The first-order valence-corrected chi connectivity index (χ1v) is 13.5. The number of alkyl halides is 3. The Morgan fingerprint density at radius 1 is 1.10 bits per heavy atom. The Morgan fingerprint density at radius 3 is 2.58 bits per heavy atom. The lowest BCUT2D eigenvalue weighted by atomic mass is 9.89. The minimum atomic E-state index is -4.56. The number of rotatable bonds is 9. The van der Waals surface area contributed by atoms with Crippen molar-refractivity contribution in [2.45, 2.75) is 62.8 Å². The Hall–Kier alpha value is -3.86. The highest BCUT2D eigenvalue weighted by Gasteiger charge is 2.33. The van der Waals surface area contributed by atoms with Gasteiger partial charge in [-0.25, -0.2) is 9.98 Å². The molecule has 4 rings (SSSR count). The zero-order chi connectivity index (χ0) is 28.7. The molecule has 1 aliphatic heterocycles. The lowest BCUT2D eigenvalue weighted by Gasteiger charge is -2.40. The molecule has 2 aliphatic rings. The minimum Gasteiger partial charge on any atom is -0.404 e. The van der Waals surface area contributed by atoms with E-state index in [1.54, 1.807) is 18.3 Å². The summed E-state index contributed by atoms with van der Waals surface area (Å²) in [5, 5.41) is 7.40. The fraction of sp³-hybridized carbons (Fsp3) is 0.414. The topological polar surface area (TPSA) is 122 Å². The van der Waals surface area contributed by atoms with Crippen molar-refractivity contribution in [1.29, 1.82) is 0 Å². The Balaban J connectivity index is 1.39. The van der Waals surface area contributed by atoms with Gasteiger partial charge < -0.3 is 27.0 Å². The molecular formula is C29H36F3N7O. The molecule has 3 atom stereocenters. The zero-order valence-corrected chi connectivity index (χ0v) is 22.3. The third-order valence-corrected chi connectivity index (χ3v) is 7.44. The number of pyridine rings is 1. The zero-order valence-electron chi connectivity index (χ0n) is 22.3. The summed E-state index contributed by atoms with van der Waals surface area (Å²) in [6.45, 7) is 5.18. The molecule has 11 heteroatoms. The lowest BCUT2D eigenvalue weighted by molar-refractivity contribution is -0.0857. The van der Waals surface area contributed by atoms with Gasteiger partial charge in [0.15, 0.2) is 0 Å². The van der Waals surface area contributed by atoms with Gasteiger partial charge in [-0.05, 0) is 61.1 Å². The predicted octanol–water partition coefficient (Wildman–Crippen LogP) is 4.57. The maximum Gasteiger partial charge on any atom is 0.419 e. The molecule has 0 bridgehead atoms. The maximum absolute atomic E-state index is 13.0. The van der Waals surface area contributed by atoms with Gasteiger partial charge in [0, 0.05) is 55.4 Å². The van der Waals surface area contributed by atoms with Crippen LogP contribution in [0.25, 0.3) is 11.1 Å². The van der Waals surface area contributed by atoms with E-state index < -0.39 is 17.7 Å². The van der Waals surface area contributed by atoms with Gasteiger partial charge in [-0.3, -0.25) is 4.79 Å². The highest BCUT2D eigenvalue weighted by Crippen LogP contribution is 2.27. The number of hydrogen-bond donors (Lipinski definition) is 4. The van der Waals surface area contributed by atoms with Crippen molar-refractivity contribution in [3.8, 4) is 11.1 Å². The summed E-state index contributed by atoms with van der Waals surface area (Å²) in [4.78, 5) is 22.0. The van der Waals surface area contributed by atoms with E-state index in [4.69, 9.17) is 11.5 Å². The number of halogens is 3. The van der Waals surface area contributed by atoms with Gasteiger partial charge in [0.1, 0.15) is 11.6 Å². The normalized spacial score (nSPS) is 22.3. The molecule has 1 saturated carbocycles. The molecule has 0 unspecified atom stereocenters. The van der Waals surface area contributed by atoms with Gasteiger partial charge in [0.25, 0.3) is 0 Å². The van der Waals surface area contributed by atoms with Crippen LogP contribution in [0.1, 0.15) is 48.9 Å². The quantitative estimate of drug-likeness (QED) is 0.336. The monoisotopic (exact) mass is 555 g/mol. The van der Waals surface area contributed by atoms with Gasteiger partial charge >= 0.3 is 6.18 Å². The molecule has 6 N–H and O–H groups in total. The molecule has 1 aliphatic carbocycles. The van der Waals surface area contributed by atoms with Crippen LogP contribution in [0.4, 0.5) is 19.0 Å². The number of anilines is 1. The van der Waals surface area contributed by atoms with E-state index >= 15 is 0 Å². The SMILES string of the molecule is C=C(/N=C\C(=C/N)C(F)(F)F)N1CCC[C@H](N[C@@H]2CCCC[C@H]2Nc2cc(-c3cccc(C(N)=O)c3)ccn2)C1. The van der Waals surface area contributed by atoms with Gasteiger partial charge in [0.05, 0.1) is 5.57 Å². The number of hydrogen-bond acceptors (Lipinski definition) is 7. The molecule has 2 aromatic rings. The predicted molar refractivity (Wildman–Crippen MR) is 152 cm³/mol. The third-order valence-electron chi connectivity index (χ3n) is 7.44. The highest BCUT2D eigenvalue weighted by atomic mass is 19.4. The largest absolute Gasteiger partial charge is 0.419 e. The van der Waals surface area contributed by atoms with Crippen molar-refractivity contribution in [3.63, 3.8) is 0 Å². The number of aromatic nitrogens is 1. The third kappa shape index (κ3) is 7.62. The van der Waals surface area contributed by atoms with Crippen molar-refractivity contribution in [2.75, 3.05) is 18.4 Å². The first-order chi connectivity index (χ1) is 19.1. The van der Waals surface area contributed by atoms with E-state index in [-0.39, 0.29) is 23.9 Å². The summed E-state index contributed by atoms with van der Waals surface area (Å²) < 4.78 is 38.9. The van der Waals surface area contributed by atoms with Crippen LogP contribution in [0.5, 0.6) is 0 Å². The van der Waals surface area contributed by atoms with E-state index in [1.165, 1.54) is 0 Å². The summed E-state index contributed by atoms with van der Waals surface area (Å²) in [6, 6.07) is 11.6. The van der Waals surface area contributed by atoms with Crippen LogP contribution in [0.15, 0.2) is 71.8 Å². The molecule has 0 radical (unpaired) electrons.